The van der Waals surface area contributed by atoms with Gasteiger partial charge in [-0.3, -0.25) is 0 Å². The van der Waals surface area contributed by atoms with Gasteiger partial charge in [0.25, 0.3) is 0 Å². The molecule has 0 atom stereocenters. The summed E-state index contributed by atoms with van der Waals surface area (Å²) in [7, 11) is 0. The third-order valence-corrected chi connectivity index (χ3v) is 8.21. The van der Waals surface area contributed by atoms with Gasteiger partial charge in [-0.05, 0) is 57.5 Å². The van der Waals surface area contributed by atoms with Crippen LogP contribution < -0.4 is 10.2 Å². The van der Waals surface area contributed by atoms with Crippen molar-refractivity contribution in [3.05, 3.63) is 0 Å². The Morgan fingerprint density at radius 3 is 1.04 bits per heavy atom. The Balaban J connectivity index is -0.000000226. The normalized spacial score (nSPS) is 10.5. The van der Waals surface area contributed by atoms with E-state index in [1.165, 1.54) is 12.8 Å². The van der Waals surface area contributed by atoms with Gasteiger partial charge in [0.05, 0.1) is 26.4 Å². The van der Waals surface area contributed by atoms with Crippen molar-refractivity contribution in [3.63, 3.8) is 0 Å². The average Bonchev–Trinajstić information content (AvgIpc) is 2.47. The van der Waals surface area contributed by atoms with Gasteiger partial charge in [-0.1, -0.05) is 26.7 Å². The van der Waals surface area contributed by atoms with Gasteiger partial charge < -0.3 is 33.1 Å². The van der Waals surface area contributed by atoms with Crippen LogP contribution in [0.1, 0.15) is 54.4 Å². The van der Waals surface area contributed by atoms with Crippen LogP contribution in [0.15, 0.2) is 0 Å². The van der Waals surface area contributed by atoms with E-state index >= 15 is 0 Å². The molecule has 0 radical (unpaired) electrons. The van der Waals surface area contributed by atoms with Crippen molar-refractivity contribution in [2.45, 2.75) is 54.4 Å². The summed E-state index contributed by atoms with van der Waals surface area (Å²) < 4.78 is 26.9. The number of unbranched alkanes of at least 4 members (excludes halogenated alkanes) is 1. The van der Waals surface area contributed by atoms with Crippen LogP contribution in [0.25, 0.3) is 0 Å². The van der Waals surface area contributed by atoms with E-state index in [-0.39, 0.29) is 19.5 Å². The zero-order valence-corrected chi connectivity index (χ0v) is 22.8. The summed E-state index contributed by atoms with van der Waals surface area (Å²) in [6.07, 6.45) is 0.306. The maximum Gasteiger partial charge on any atom is 2.00 e. The summed E-state index contributed by atoms with van der Waals surface area (Å²) in [5.74, 6) is 0. The van der Waals surface area contributed by atoms with E-state index < -0.39 is 19.6 Å². The molecular formula is C13H30O8P2S2Zn. The molecule has 8 nitrogen and oxygen atoms in total. The molecule has 154 valence electrons. The standard InChI is InChI=1S/C8H20O5P2S2.C4H10.CH2O3.Zn/c1-5-9-14(16,10-6-2)13-15(17,11-7-3)12-8-4;1-3-4-2;2-1(3)4;/h5-8H2,1-4H3;3-4H2,1-2H3;(H2,2,3,4);/q;;;+2/p-2. The van der Waals surface area contributed by atoms with E-state index in [1.807, 2.05) is 27.7 Å². The number of carbonyl (C=O) groups is 1. The Kier molecular flexibility index (Phi) is 29.6. The SMILES string of the molecule is CCCC.CCOP(=S)(OCC)OP(=S)(OCC)OCC.O=C([O-])[O-].[Zn+2]. The predicted octanol–water partition coefficient (Wildman–Crippen LogP) is 2.95. The van der Waals surface area contributed by atoms with Crippen LogP contribution in [0.2, 0.25) is 0 Å². The molecule has 0 aliphatic rings. The Hall–Kier alpha value is 0.993. The summed E-state index contributed by atoms with van der Waals surface area (Å²) >= 11 is 10.4. The van der Waals surface area contributed by atoms with Crippen LogP contribution in [0.4, 0.5) is 4.79 Å². The molecule has 0 N–H and O–H groups in total. The molecule has 0 amide bonds. The van der Waals surface area contributed by atoms with E-state index in [0.29, 0.717) is 26.4 Å². The van der Waals surface area contributed by atoms with Gasteiger partial charge in [-0.25, -0.2) is 4.31 Å². The number of carbonyl (C=O) groups excluding carboxylic acids is 1. The van der Waals surface area contributed by atoms with Gasteiger partial charge in [0.15, 0.2) is 0 Å². The molecule has 0 aliphatic carbocycles. The second-order valence-electron chi connectivity index (χ2n) is 3.90. The monoisotopic (exact) mass is 504 g/mol. The Morgan fingerprint density at radius 2 is 0.923 bits per heavy atom. The molecule has 0 heterocycles. The minimum absolute atomic E-state index is 0. The maximum atomic E-state index is 8.33. The van der Waals surface area contributed by atoms with Crippen LogP contribution >= 0.6 is 13.4 Å². The number of hydrogen-bond donors (Lipinski definition) is 0. The second-order valence-corrected chi connectivity index (χ2v) is 10.1. The Labute approximate surface area is 180 Å². The topological polar surface area (TPSA) is 109 Å². The second kappa shape index (κ2) is 22.3. The van der Waals surface area contributed by atoms with Crippen LogP contribution in [0, 0.1) is 0 Å². The van der Waals surface area contributed by atoms with E-state index in [0.717, 1.165) is 0 Å². The first-order valence-corrected chi connectivity index (χ1v) is 13.1. The van der Waals surface area contributed by atoms with Crippen molar-refractivity contribution >= 4 is 43.2 Å². The van der Waals surface area contributed by atoms with Crippen molar-refractivity contribution in [1.82, 2.24) is 0 Å². The molecule has 0 bridgehead atoms. The van der Waals surface area contributed by atoms with Crippen molar-refractivity contribution in [3.8, 4) is 0 Å². The van der Waals surface area contributed by atoms with Gasteiger partial charge in [-0.2, -0.15) is 0 Å². The third kappa shape index (κ3) is 25.0. The number of carboxylic acid groups (broad SMARTS) is 2. The van der Waals surface area contributed by atoms with Crippen LogP contribution in [0.3, 0.4) is 0 Å². The fraction of sp³-hybridized carbons (Fsp3) is 0.923. The summed E-state index contributed by atoms with van der Waals surface area (Å²) in [4.78, 5) is 8.33. The maximum absolute atomic E-state index is 8.33. The molecule has 0 saturated heterocycles. The molecule has 0 spiro atoms. The Morgan fingerprint density at radius 1 is 0.731 bits per heavy atom. The fourth-order valence-corrected chi connectivity index (χ4v) is 7.30. The first-order valence-electron chi connectivity index (χ1n) is 7.97. The summed E-state index contributed by atoms with van der Waals surface area (Å²) in [5.41, 5.74) is 0. The summed E-state index contributed by atoms with van der Waals surface area (Å²) in [5, 5.41) is 16.7. The molecule has 0 aromatic rings. The van der Waals surface area contributed by atoms with Crippen molar-refractivity contribution in [2.24, 2.45) is 0 Å². The van der Waals surface area contributed by atoms with Gasteiger partial charge in [0.2, 0.25) is 0 Å². The van der Waals surface area contributed by atoms with Crippen molar-refractivity contribution in [1.29, 1.82) is 0 Å². The minimum atomic E-state index is -2.87. The molecule has 0 fully saturated rings. The molecule has 26 heavy (non-hydrogen) atoms. The molecule has 0 rings (SSSR count). The minimum Gasteiger partial charge on any atom is -0.652 e. The van der Waals surface area contributed by atoms with Crippen LogP contribution in [0.5, 0.6) is 0 Å². The van der Waals surface area contributed by atoms with Crippen LogP contribution in [-0.4, -0.2) is 32.6 Å². The first kappa shape index (κ1) is 34.5. The fourth-order valence-electron chi connectivity index (χ4n) is 0.924. The molecular weight excluding hydrogens is 476 g/mol. The van der Waals surface area contributed by atoms with Gasteiger partial charge in [0.1, 0.15) is 0 Å². The van der Waals surface area contributed by atoms with Crippen LogP contribution in [-0.2, 0) is 65.5 Å². The Bertz CT molecular complexity index is 362. The molecule has 0 unspecified atom stereocenters. The zero-order valence-electron chi connectivity index (χ0n) is 16.4. The molecule has 13 heteroatoms. The largest absolute Gasteiger partial charge is 2.00 e. The van der Waals surface area contributed by atoms with Gasteiger partial charge in [0, 0.05) is 0 Å². The molecule has 0 aromatic heterocycles. The quantitative estimate of drug-likeness (QED) is 0.307. The van der Waals surface area contributed by atoms with E-state index in [2.05, 4.69) is 13.8 Å². The third-order valence-electron chi connectivity index (χ3n) is 1.85. The predicted molar refractivity (Wildman–Crippen MR) is 102 cm³/mol. The van der Waals surface area contributed by atoms with E-state index in [9.17, 15) is 0 Å². The number of rotatable bonds is 11. The molecule has 0 saturated carbocycles. The first-order chi connectivity index (χ1) is 11.6. The van der Waals surface area contributed by atoms with Gasteiger partial charge in [-0.15, -0.1) is 0 Å². The summed E-state index contributed by atoms with van der Waals surface area (Å²) in [6.45, 7) is 7.45. The number of hydrogen-bond acceptors (Lipinski definition) is 10. The van der Waals surface area contributed by atoms with E-state index in [4.69, 9.17) is 61.0 Å². The zero-order chi connectivity index (χ0) is 20.4. The summed E-state index contributed by atoms with van der Waals surface area (Å²) in [6, 6.07) is 0. The average molecular weight is 506 g/mol. The van der Waals surface area contributed by atoms with Crippen molar-refractivity contribution in [2.75, 3.05) is 26.4 Å². The van der Waals surface area contributed by atoms with Crippen molar-refractivity contribution < 1.29 is 56.9 Å². The molecule has 0 aromatic carbocycles. The van der Waals surface area contributed by atoms with Gasteiger partial charge >= 0.3 is 32.9 Å². The van der Waals surface area contributed by atoms with E-state index in [1.54, 1.807) is 0 Å². The molecule has 0 aliphatic heterocycles. The smallest absolute Gasteiger partial charge is 0.652 e.